The first-order valence-electron chi connectivity index (χ1n) is 7.31. The highest BCUT2D eigenvalue weighted by Gasteiger charge is 2.28. The average Bonchev–Trinajstić information content (AvgIpc) is 2.46. The molecule has 1 aliphatic rings. The van der Waals surface area contributed by atoms with E-state index in [9.17, 15) is 17.6 Å². The Kier molecular flexibility index (Phi) is 5.07. The molecular weight excluding hydrogens is 323 g/mol. The normalized spacial score (nSPS) is 17.0. The first kappa shape index (κ1) is 17.8. The summed E-state index contributed by atoms with van der Waals surface area (Å²) in [5, 5.41) is 2.63. The van der Waals surface area contributed by atoms with Gasteiger partial charge in [0.1, 0.15) is 5.82 Å². The number of rotatable bonds is 3. The summed E-state index contributed by atoms with van der Waals surface area (Å²) in [6.45, 7) is 6.40. The fraction of sp³-hybridized carbons (Fsp3) is 0.533. The Morgan fingerprint density at radius 3 is 2.43 bits per heavy atom. The van der Waals surface area contributed by atoms with Gasteiger partial charge < -0.3 is 10.1 Å². The number of carbonyl (C=O) groups is 1. The molecule has 0 saturated carbocycles. The molecule has 128 valence electrons. The highest BCUT2D eigenvalue weighted by atomic mass is 32.2. The molecule has 0 bridgehead atoms. The summed E-state index contributed by atoms with van der Waals surface area (Å²) >= 11 is 0. The minimum absolute atomic E-state index is 0.0974. The highest BCUT2D eigenvalue weighted by Crippen LogP contribution is 2.20. The van der Waals surface area contributed by atoms with Gasteiger partial charge in [-0.1, -0.05) is 0 Å². The number of nitrogens with one attached hydrogen (secondary N) is 1. The molecule has 0 atom stereocenters. The molecule has 1 fully saturated rings. The summed E-state index contributed by atoms with van der Waals surface area (Å²) in [6.07, 6.45) is 0. The maximum Gasteiger partial charge on any atom is 0.254 e. The van der Waals surface area contributed by atoms with Crippen molar-refractivity contribution < 1.29 is 22.3 Å². The number of nitrogens with zero attached hydrogens (tertiary/aromatic N) is 1. The van der Waals surface area contributed by atoms with Crippen LogP contribution >= 0.6 is 0 Å². The number of halogens is 1. The Hall–Kier alpha value is -1.51. The number of hydrogen-bond donors (Lipinski definition) is 1. The predicted octanol–water partition coefficient (Wildman–Crippen LogP) is 1.37. The van der Waals surface area contributed by atoms with Gasteiger partial charge in [0.25, 0.3) is 5.91 Å². The molecule has 1 amide bonds. The highest BCUT2D eigenvalue weighted by molar-refractivity contribution is 7.89. The zero-order valence-corrected chi connectivity index (χ0v) is 14.2. The van der Waals surface area contributed by atoms with Gasteiger partial charge in [0, 0.05) is 18.6 Å². The van der Waals surface area contributed by atoms with E-state index in [1.54, 1.807) is 20.8 Å². The van der Waals surface area contributed by atoms with E-state index in [2.05, 4.69) is 5.32 Å². The second-order valence-corrected chi connectivity index (χ2v) is 8.30. The van der Waals surface area contributed by atoms with Crippen molar-refractivity contribution >= 4 is 15.9 Å². The standard InChI is InChI=1S/C15H21FN2O4S/c1-15(2,3)17-14(19)12-10-11(4-5-13(12)16)23(20,21)18-6-8-22-9-7-18/h4-5,10H,6-9H2,1-3H3,(H,17,19). The summed E-state index contributed by atoms with van der Waals surface area (Å²) < 4.78 is 45.5. The van der Waals surface area contributed by atoms with Crippen LogP contribution in [0, 0.1) is 5.82 Å². The molecule has 0 aromatic heterocycles. The van der Waals surface area contributed by atoms with Gasteiger partial charge in [0.15, 0.2) is 0 Å². The van der Waals surface area contributed by atoms with E-state index in [0.717, 1.165) is 12.1 Å². The maximum atomic E-state index is 13.9. The molecule has 2 rings (SSSR count). The topological polar surface area (TPSA) is 75.7 Å². The Morgan fingerprint density at radius 1 is 1.26 bits per heavy atom. The number of benzene rings is 1. The zero-order valence-electron chi connectivity index (χ0n) is 13.4. The fourth-order valence-corrected chi connectivity index (χ4v) is 3.62. The van der Waals surface area contributed by atoms with E-state index < -0.39 is 27.3 Å². The van der Waals surface area contributed by atoms with Gasteiger partial charge in [-0.05, 0) is 39.0 Å². The Morgan fingerprint density at radius 2 is 1.87 bits per heavy atom. The maximum absolute atomic E-state index is 13.9. The smallest absolute Gasteiger partial charge is 0.254 e. The molecule has 0 radical (unpaired) electrons. The van der Waals surface area contributed by atoms with Crippen molar-refractivity contribution in [2.75, 3.05) is 26.3 Å². The number of sulfonamides is 1. The number of ether oxygens (including phenoxy) is 1. The van der Waals surface area contributed by atoms with Crippen LogP contribution in [0.4, 0.5) is 4.39 Å². The van der Waals surface area contributed by atoms with E-state index in [4.69, 9.17) is 4.74 Å². The van der Waals surface area contributed by atoms with Crippen molar-refractivity contribution in [2.45, 2.75) is 31.2 Å². The first-order chi connectivity index (χ1) is 10.6. The average molecular weight is 344 g/mol. The summed E-state index contributed by atoms with van der Waals surface area (Å²) in [4.78, 5) is 12.1. The minimum Gasteiger partial charge on any atom is -0.379 e. The van der Waals surface area contributed by atoms with E-state index in [-0.39, 0.29) is 23.5 Å². The van der Waals surface area contributed by atoms with Crippen LogP contribution in [-0.2, 0) is 14.8 Å². The molecule has 1 heterocycles. The lowest BCUT2D eigenvalue weighted by molar-refractivity contribution is 0.0730. The number of carbonyl (C=O) groups excluding carboxylic acids is 1. The molecule has 0 spiro atoms. The molecule has 1 N–H and O–H groups in total. The number of amides is 1. The lowest BCUT2D eigenvalue weighted by Gasteiger charge is -2.26. The van der Waals surface area contributed by atoms with Crippen molar-refractivity contribution in [3.63, 3.8) is 0 Å². The lowest BCUT2D eigenvalue weighted by atomic mass is 10.1. The van der Waals surface area contributed by atoms with Gasteiger partial charge in [-0.3, -0.25) is 4.79 Å². The largest absolute Gasteiger partial charge is 0.379 e. The summed E-state index contributed by atoms with van der Waals surface area (Å²) in [5.74, 6) is -1.40. The Bertz CT molecular complexity index is 692. The van der Waals surface area contributed by atoms with E-state index in [0.29, 0.717) is 13.2 Å². The van der Waals surface area contributed by atoms with Crippen molar-refractivity contribution in [3.05, 3.63) is 29.6 Å². The van der Waals surface area contributed by atoms with Crippen LogP contribution in [0.5, 0.6) is 0 Å². The van der Waals surface area contributed by atoms with Gasteiger partial charge in [-0.2, -0.15) is 4.31 Å². The van der Waals surface area contributed by atoms with Crippen LogP contribution in [-0.4, -0.2) is 50.5 Å². The monoisotopic (exact) mass is 344 g/mol. The molecule has 1 saturated heterocycles. The van der Waals surface area contributed by atoms with Crippen molar-refractivity contribution in [1.29, 1.82) is 0 Å². The third-order valence-electron chi connectivity index (χ3n) is 3.28. The molecule has 6 nitrogen and oxygen atoms in total. The zero-order chi connectivity index (χ0) is 17.3. The Balaban J connectivity index is 2.34. The van der Waals surface area contributed by atoms with Crippen LogP contribution in [0.25, 0.3) is 0 Å². The van der Waals surface area contributed by atoms with Gasteiger partial charge in [0.2, 0.25) is 10.0 Å². The van der Waals surface area contributed by atoms with Crippen molar-refractivity contribution in [1.82, 2.24) is 9.62 Å². The minimum atomic E-state index is -3.77. The molecule has 1 aromatic carbocycles. The lowest BCUT2D eigenvalue weighted by Crippen LogP contribution is -2.42. The fourth-order valence-electron chi connectivity index (χ4n) is 2.18. The molecule has 8 heteroatoms. The van der Waals surface area contributed by atoms with Gasteiger partial charge in [0.05, 0.1) is 23.7 Å². The van der Waals surface area contributed by atoms with Crippen LogP contribution in [0.15, 0.2) is 23.1 Å². The van der Waals surface area contributed by atoms with Gasteiger partial charge in [-0.15, -0.1) is 0 Å². The van der Waals surface area contributed by atoms with E-state index in [1.165, 1.54) is 10.4 Å². The molecule has 0 aliphatic carbocycles. The van der Waals surface area contributed by atoms with E-state index in [1.807, 2.05) is 0 Å². The molecule has 23 heavy (non-hydrogen) atoms. The third-order valence-corrected chi connectivity index (χ3v) is 5.17. The quantitative estimate of drug-likeness (QED) is 0.899. The first-order valence-corrected chi connectivity index (χ1v) is 8.75. The predicted molar refractivity (Wildman–Crippen MR) is 83.2 cm³/mol. The van der Waals surface area contributed by atoms with E-state index >= 15 is 0 Å². The van der Waals surface area contributed by atoms with Gasteiger partial charge in [-0.25, -0.2) is 12.8 Å². The van der Waals surface area contributed by atoms with Crippen LogP contribution in [0.1, 0.15) is 31.1 Å². The summed E-state index contributed by atoms with van der Waals surface area (Å²) in [6, 6.07) is 3.26. The second kappa shape index (κ2) is 6.54. The third kappa shape index (κ3) is 4.27. The summed E-state index contributed by atoms with van der Waals surface area (Å²) in [5.41, 5.74) is -0.836. The van der Waals surface area contributed by atoms with Crippen LogP contribution in [0.3, 0.4) is 0 Å². The van der Waals surface area contributed by atoms with Gasteiger partial charge >= 0.3 is 0 Å². The molecule has 1 aliphatic heterocycles. The SMILES string of the molecule is CC(C)(C)NC(=O)c1cc(S(=O)(=O)N2CCOCC2)ccc1F. The van der Waals surface area contributed by atoms with Crippen molar-refractivity contribution in [2.24, 2.45) is 0 Å². The molecule has 0 unspecified atom stereocenters. The summed E-state index contributed by atoms with van der Waals surface area (Å²) in [7, 11) is -3.77. The van der Waals surface area contributed by atoms with Crippen molar-refractivity contribution in [3.8, 4) is 0 Å². The van der Waals surface area contributed by atoms with Crippen LogP contribution < -0.4 is 5.32 Å². The molecular formula is C15H21FN2O4S. The number of hydrogen-bond acceptors (Lipinski definition) is 4. The molecule has 1 aromatic rings. The Labute approximate surface area is 135 Å². The number of morpholine rings is 1. The second-order valence-electron chi connectivity index (χ2n) is 6.36. The van der Waals surface area contributed by atoms with Crippen LogP contribution in [0.2, 0.25) is 0 Å².